The fourth-order valence-corrected chi connectivity index (χ4v) is 3.42. The Morgan fingerprint density at radius 3 is 2.40 bits per heavy atom. The van der Waals surface area contributed by atoms with Gasteiger partial charge in [-0.25, -0.2) is 0 Å². The van der Waals surface area contributed by atoms with Crippen LogP contribution in [0.1, 0.15) is 26.3 Å². The van der Waals surface area contributed by atoms with E-state index in [0.29, 0.717) is 6.61 Å². The molecule has 3 heteroatoms. The Morgan fingerprint density at radius 2 is 1.75 bits per heavy atom. The highest BCUT2D eigenvalue weighted by molar-refractivity contribution is 9.10. The fourth-order valence-electron chi connectivity index (χ4n) is 1.94. The van der Waals surface area contributed by atoms with Gasteiger partial charge < -0.3 is 4.43 Å². The van der Waals surface area contributed by atoms with Gasteiger partial charge in [-0.1, -0.05) is 61.0 Å². The van der Waals surface area contributed by atoms with Gasteiger partial charge in [0, 0.05) is 4.47 Å². The number of hydrogen-bond donors (Lipinski definition) is 0. The number of hydrogen-bond acceptors (Lipinski definition) is 1. The third-order valence-electron chi connectivity index (χ3n) is 4.31. The second-order valence-corrected chi connectivity index (χ2v) is 12.6. The molecular weight excluding hydrogens is 328 g/mol. The van der Waals surface area contributed by atoms with Crippen LogP contribution in [0.25, 0.3) is 10.8 Å². The van der Waals surface area contributed by atoms with Crippen LogP contribution in [0.5, 0.6) is 0 Å². The average molecular weight is 351 g/mol. The molecular formula is C17H23BrOSi. The fraction of sp³-hybridized carbons (Fsp3) is 0.412. The summed E-state index contributed by atoms with van der Waals surface area (Å²) in [6, 6.07) is 12.8. The van der Waals surface area contributed by atoms with Crippen molar-refractivity contribution in [3.05, 3.63) is 46.4 Å². The van der Waals surface area contributed by atoms with Crippen molar-refractivity contribution in [3.63, 3.8) is 0 Å². The maximum Gasteiger partial charge on any atom is 0.192 e. The molecule has 1 nitrogen and oxygen atoms in total. The van der Waals surface area contributed by atoms with E-state index >= 15 is 0 Å². The SMILES string of the molecule is CC(C)(C)[Si](C)(C)OCc1cc(Br)cc2ccccc12. The predicted octanol–water partition coefficient (Wildman–Crippen LogP) is 6.12. The van der Waals surface area contributed by atoms with Gasteiger partial charge in [0.15, 0.2) is 8.32 Å². The second kappa shape index (κ2) is 5.62. The van der Waals surface area contributed by atoms with E-state index in [1.165, 1.54) is 16.3 Å². The molecule has 108 valence electrons. The average Bonchev–Trinajstić information content (AvgIpc) is 2.34. The molecule has 0 aliphatic carbocycles. The first-order valence-corrected chi connectivity index (χ1v) is 10.7. The van der Waals surface area contributed by atoms with Crippen molar-refractivity contribution in [1.82, 2.24) is 0 Å². The maximum atomic E-state index is 6.36. The Kier molecular flexibility index (Phi) is 4.43. The molecule has 0 aliphatic heterocycles. The zero-order chi connectivity index (χ0) is 15.0. The Morgan fingerprint density at radius 1 is 1.10 bits per heavy atom. The van der Waals surface area contributed by atoms with Gasteiger partial charge in [-0.2, -0.15) is 0 Å². The van der Waals surface area contributed by atoms with E-state index in [1.54, 1.807) is 0 Å². The van der Waals surface area contributed by atoms with Crippen molar-refractivity contribution in [2.45, 2.75) is 45.5 Å². The van der Waals surface area contributed by atoms with Gasteiger partial charge >= 0.3 is 0 Å². The lowest BCUT2D eigenvalue weighted by Crippen LogP contribution is -2.40. The first kappa shape index (κ1) is 15.7. The molecule has 0 N–H and O–H groups in total. The number of benzene rings is 2. The van der Waals surface area contributed by atoms with Gasteiger partial charge in [-0.05, 0) is 46.6 Å². The molecule has 2 aromatic carbocycles. The lowest BCUT2D eigenvalue weighted by molar-refractivity contribution is 0.277. The summed E-state index contributed by atoms with van der Waals surface area (Å²) >= 11 is 3.60. The molecule has 0 saturated heterocycles. The molecule has 2 aromatic rings. The quantitative estimate of drug-likeness (QED) is 0.605. The molecule has 0 bridgehead atoms. The van der Waals surface area contributed by atoms with Crippen molar-refractivity contribution >= 4 is 35.0 Å². The molecule has 0 unspecified atom stereocenters. The minimum atomic E-state index is -1.71. The molecule has 0 fully saturated rings. The molecule has 0 aromatic heterocycles. The molecule has 20 heavy (non-hydrogen) atoms. The Labute approximate surface area is 131 Å². The van der Waals surface area contributed by atoms with Crippen molar-refractivity contribution < 1.29 is 4.43 Å². The standard InChI is InChI=1S/C17H23BrOSi/c1-17(2,3)20(4,5)19-12-14-11-15(18)10-13-8-6-7-9-16(13)14/h6-11H,12H2,1-5H3. The summed E-state index contributed by atoms with van der Waals surface area (Å²) in [5.74, 6) is 0. The van der Waals surface area contributed by atoms with Gasteiger partial charge in [0.2, 0.25) is 0 Å². The van der Waals surface area contributed by atoms with Crippen molar-refractivity contribution in [1.29, 1.82) is 0 Å². The van der Waals surface area contributed by atoms with Gasteiger partial charge in [-0.3, -0.25) is 0 Å². The second-order valence-electron chi connectivity index (χ2n) is 6.84. The van der Waals surface area contributed by atoms with Crippen LogP contribution in [-0.2, 0) is 11.0 Å². The molecule has 0 heterocycles. The van der Waals surface area contributed by atoms with Gasteiger partial charge in [-0.15, -0.1) is 0 Å². The Bertz CT molecular complexity index is 614. The van der Waals surface area contributed by atoms with Crippen LogP contribution in [0.2, 0.25) is 18.1 Å². The molecule has 0 atom stereocenters. The van der Waals surface area contributed by atoms with Crippen LogP contribution in [-0.4, -0.2) is 8.32 Å². The third-order valence-corrected chi connectivity index (χ3v) is 9.24. The summed E-state index contributed by atoms with van der Waals surface area (Å²) in [5, 5.41) is 2.79. The summed E-state index contributed by atoms with van der Waals surface area (Å²) in [5.41, 5.74) is 1.26. The molecule has 0 spiro atoms. The van der Waals surface area contributed by atoms with E-state index < -0.39 is 8.32 Å². The number of rotatable bonds is 3. The highest BCUT2D eigenvalue weighted by atomic mass is 79.9. The molecule has 0 aliphatic rings. The summed E-state index contributed by atoms with van der Waals surface area (Å²) in [6.07, 6.45) is 0. The molecule has 2 rings (SSSR count). The van der Waals surface area contributed by atoms with Crippen molar-refractivity contribution in [2.24, 2.45) is 0 Å². The Balaban J connectivity index is 2.31. The molecule has 0 radical (unpaired) electrons. The van der Waals surface area contributed by atoms with Gasteiger partial charge in [0.25, 0.3) is 0 Å². The van der Waals surface area contributed by atoms with E-state index in [0.717, 1.165) is 4.47 Å². The highest BCUT2D eigenvalue weighted by Gasteiger charge is 2.37. The summed E-state index contributed by atoms with van der Waals surface area (Å²) in [6.45, 7) is 12.1. The number of halogens is 1. The number of fused-ring (bicyclic) bond motifs is 1. The minimum absolute atomic E-state index is 0.245. The zero-order valence-electron chi connectivity index (χ0n) is 13.0. The van der Waals surface area contributed by atoms with Gasteiger partial charge in [0.1, 0.15) is 0 Å². The van der Waals surface area contributed by atoms with E-state index in [9.17, 15) is 0 Å². The highest BCUT2D eigenvalue weighted by Crippen LogP contribution is 2.37. The van der Waals surface area contributed by atoms with Crippen LogP contribution in [0.15, 0.2) is 40.9 Å². The van der Waals surface area contributed by atoms with E-state index in [1.807, 2.05) is 0 Å². The maximum absolute atomic E-state index is 6.36. The van der Waals surface area contributed by atoms with E-state index in [2.05, 4.69) is 86.2 Å². The minimum Gasteiger partial charge on any atom is -0.413 e. The smallest absolute Gasteiger partial charge is 0.192 e. The van der Waals surface area contributed by atoms with Crippen molar-refractivity contribution in [3.8, 4) is 0 Å². The third kappa shape index (κ3) is 3.33. The van der Waals surface area contributed by atoms with Gasteiger partial charge in [0.05, 0.1) is 6.61 Å². The van der Waals surface area contributed by atoms with Crippen LogP contribution >= 0.6 is 15.9 Å². The van der Waals surface area contributed by atoms with Crippen molar-refractivity contribution in [2.75, 3.05) is 0 Å². The largest absolute Gasteiger partial charge is 0.413 e. The van der Waals surface area contributed by atoms with Crippen LogP contribution in [0.4, 0.5) is 0 Å². The van der Waals surface area contributed by atoms with Crippen LogP contribution in [0.3, 0.4) is 0 Å². The summed E-state index contributed by atoms with van der Waals surface area (Å²) < 4.78 is 7.48. The monoisotopic (exact) mass is 350 g/mol. The van der Waals surface area contributed by atoms with E-state index in [-0.39, 0.29) is 5.04 Å². The Hall–Kier alpha value is -0.643. The summed E-state index contributed by atoms with van der Waals surface area (Å²) in [4.78, 5) is 0. The van der Waals surface area contributed by atoms with E-state index in [4.69, 9.17) is 4.43 Å². The molecule has 0 saturated carbocycles. The van der Waals surface area contributed by atoms with Crippen LogP contribution in [0, 0.1) is 0 Å². The lowest BCUT2D eigenvalue weighted by atomic mass is 10.1. The lowest BCUT2D eigenvalue weighted by Gasteiger charge is -2.36. The zero-order valence-corrected chi connectivity index (χ0v) is 15.5. The topological polar surface area (TPSA) is 9.23 Å². The first-order chi connectivity index (χ1) is 9.21. The molecule has 0 amide bonds. The van der Waals surface area contributed by atoms with Crippen LogP contribution < -0.4 is 0 Å². The first-order valence-electron chi connectivity index (χ1n) is 7.02. The normalized spacial score (nSPS) is 12.9. The summed E-state index contributed by atoms with van der Waals surface area (Å²) in [7, 11) is -1.71. The predicted molar refractivity (Wildman–Crippen MR) is 93.6 cm³/mol.